The van der Waals surface area contributed by atoms with Gasteiger partial charge >= 0.3 is 11.9 Å². The SMILES string of the molecule is CCCCCCOC(=O)C[C@H](NC(=O)c1cc(O)c(OC)c(OC)c1O)C(=O)OCCCCCC. The smallest absolute Gasteiger partial charge is 0.329 e. The van der Waals surface area contributed by atoms with Gasteiger partial charge in [0.2, 0.25) is 11.5 Å². The van der Waals surface area contributed by atoms with Gasteiger partial charge in [0.05, 0.1) is 39.4 Å². The molecular weight excluding hydrogens is 458 g/mol. The first-order valence-corrected chi connectivity index (χ1v) is 12.1. The molecule has 0 aliphatic carbocycles. The maximum Gasteiger partial charge on any atom is 0.329 e. The van der Waals surface area contributed by atoms with Crippen molar-refractivity contribution >= 4 is 17.8 Å². The molecule has 0 heterocycles. The first kappa shape index (κ1) is 29.9. The number of amides is 1. The number of ether oxygens (including phenoxy) is 4. The summed E-state index contributed by atoms with van der Waals surface area (Å²) in [7, 11) is 2.49. The summed E-state index contributed by atoms with van der Waals surface area (Å²) in [6.45, 7) is 4.51. The van der Waals surface area contributed by atoms with Crippen LogP contribution in [0.4, 0.5) is 0 Å². The number of aromatic hydroxyl groups is 2. The van der Waals surface area contributed by atoms with Crippen LogP contribution in [0.2, 0.25) is 0 Å². The number of hydrogen-bond donors (Lipinski definition) is 3. The highest BCUT2D eigenvalue weighted by atomic mass is 16.5. The van der Waals surface area contributed by atoms with Crippen LogP contribution in [0.25, 0.3) is 0 Å². The molecule has 0 aliphatic rings. The lowest BCUT2D eigenvalue weighted by Gasteiger charge is -2.19. The van der Waals surface area contributed by atoms with Crippen molar-refractivity contribution < 1.29 is 43.5 Å². The van der Waals surface area contributed by atoms with Gasteiger partial charge in [-0.3, -0.25) is 9.59 Å². The number of benzene rings is 1. The number of carbonyl (C=O) groups is 3. The first-order chi connectivity index (χ1) is 16.8. The molecule has 1 aromatic carbocycles. The normalized spacial score (nSPS) is 11.4. The minimum atomic E-state index is -1.34. The third-order valence-corrected chi connectivity index (χ3v) is 5.31. The fourth-order valence-corrected chi connectivity index (χ4v) is 3.35. The summed E-state index contributed by atoms with van der Waals surface area (Å²) in [5, 5.41) is 23.0. The molecule has 0 aliphatic heterocycles. The Morgan fingerprint density at radius 1 is 0.857 bits per heavy atom. The molecule has 3 N–H and O–H groups in total. The fourth-order valence-electron chi connectivity index (χ4n) is 3.35. The van der Waals surface area contributed by atoms with E-state index in [9.17, 15) is 24.6 Å². The molecule has 10 nitrogen and oxygen atoms in total. The Morgan fingerprint density at radius 2 is 1.43 bits per heavy atom. The summed E-state index contributed by atoms with van der Waals surface area (Å²) in [5.74, 6) is -3.81. The Balaban J connectivity index is 2.95. The van der Waals surface area contributed by atoms with E-state index in [1.165, 1.54) is 14.2 Å². The largest absolute Gasteiger partial charge is 0.504 e. The topological polar surface area (TPSA) is 141 Å². The van der Waals surface area contributed by atoms with Gasteiger partial charge in [-0.2, -0.15) is 0 Å². The quantitative estimate of drug-likeness (QED) is 0.166. The molecule has 0 radical (unpaired) electrons. The van der Waals surface area contributed by atoms with Crippen LogP contribution in [0, 0.1) is 0 Å². The molecule has 0 bridgehead atoms. The van der Waals surface area contributed by atoms with E-state index in [0.29, 0.717) is 12.8 Å². The number of rotatable bonds is 17. The second kappa shape index (κ2) is 16.5. The predicted molar refractivity (Wildman–Crippen MR) is 129 cm³/mol. The van der Waals surface area contributed by atoms with E-state index < -0.39 is 41.8 Å². The molecule has 35 heavy (non-hydrogen) atoms. The molecule has 0 unspecified atom stereocenters. The van der Waals surface area contributed by atoms with Crippen LogP contribution < -0.4 is 14.8 Å². The first-order valence-electron chi connectivity index (χ1n) is 12.1. The second-order valence-electron chi connectivity index (χ2n) is 8.10. The lowest BCUT2D eigenvalue weighted by Crippen LogP contribution is -2.43. The van der Waals surface area contributed by atoms with Crippen LogP contribution in [0.15, 0.2) is 6.07 Å². The zero-order chi connectivity index (χ0) is 26.2. The van der Waals surface area contributed by atoms with Crippen molar-refractivity contribution in [3.63, 3.8) is 0 Å². The molecule has 0 saturated heterocycles. The summed E-state index contributed by atoms with van der Waals surface area (Å²) in [4.78, 5) is 37.9. The minimum absolute atomic E-state index is 0.152. The van der Waals surface area contributed by atoms with E-state index in [1.807, 2.05) is 0 Å². The maximum atomic E-state index is 12.9. The number of carbonyl (C=O) groups excluding carboxylic acids is 3. The van der Waals surface area contributed by atoms with Gasteiger partial charge in [0.25, 0.3) is 5.91 Å². The lowest BCUT2D eigenvalue weighted by atomic mass is 10.1. The summed E-state index contributed by atoms with van der Waals surface area (Å²) in [6, 6.07) is -0.364. The highest BCUT2D eigenvalue weighted by Gasteiger charge is 2.30. The maximum absolute atomic E-state index is 12.9. The van der Waals surface area contributed by atoms with E-state index in [1.54, 1.807) is 0 Å². The highest BCUT2D eigenvalue weighted by molar-refractivity contribution is 6.01. The third-order valence-electron chi connectivity index (χ3n) is 5.31. The van der Waals surface area contributed by atoms with Crippen molar-refractivity contribution in [1.82, 2.24) is 5.32 Å². The van der Waals surface area contributed by atoms with Crippen molar-refractivity contribution in [3.05, 3.63) is 11.6 Å². The Labute approximate surface area is 206 Å². The standard InChI is InChI=1S/C25H39NO9/c1-5-7-9-11-13-34-20(28)16-18(25(31)35-14-12-10-8-6-2)26-24(30)17-15-19(27)22(32-3)23(33-4)21(17)29/h15,18,27,29H,5-14,16H2,1-4H3,(H,26,30)/t18-/m0/s1. The van der Waals surface area contributed by atoms with Crippen molar-refractivity contribution in [3.8, 4) is 23.0 Å². The number of methoxy groups -OCH3 is 2. The van der Waals surface area contributed by atoms with Crippen LogP contribution in [0.3, 0.4) is 0 Å². The second-order valence-corrected chi connectivity index (χ2v) is 8.10. The molecule has 0 fully saturated rings. The summed E-state index contributed by atoms with van der Waals surface area (Å²) in [6.07, 6.45) is 6.85. The zero-order valence-corrected chi connectivity index (χ0v) is 21.2. The van der Waals surface area contributed by atoms with Crippen molar-refractivity contribution in [2.45, 2.75) is 77.7 Å². The molecule has 1 atom stereocenters. The Hall–Kier alpha value is -3.17. The molecule has 1 amide bonds. The van der Waals surface area contributed by atoms with Gasteiger partial charge in [0.1, 0.15) is 6.04 Å². The van der Waals surface area contributed by atoms with E-state index >= 15 is 0 Å². The van der Waals surface area contributed by atoms with Crippen LogP contribution in [0.1, 0.15) is 82.0 Å². The van der Waals surface area contributed by atoms with Gasteiger partial charge < -0.3 is 34.5 Å². The molecule has 1 aromatic rings. The van der Waals surface area contributed by atoms with Crippen LogP contribution in [0.5, 0.6) is 23.0 Å². The lowest BCUT2D eigenvalue weighted by molar-refractivity contribution is -0.152. The number of hydrogen-bond acceptors (Lipinski definition) is 9. The van der Waals surface area contributed by atoms with Gasteiger partial charge in [-0.25, -0.2) is 4.79 Å². The molecule has 0 spiro atoms. The average Bonchev–Trinajstić information content (AvgIpc) is 2.83. The molecule has 0 saturated carbocycles. The van der Waals surface area contributed by atoms with Gasteiger partial charge in [-0.15, -0.1) is 0 Å². The van der Waals surface area contributed by atoms with Crippen LogP contribution in [-0.2, 0) is 19.1 Å². The van der Waals surface area contributed by atoms with Crippen molar-refractivity contribution in [1.29, 1.82) is 0 Å². The van der Waals surface area contributed by atoms with Crippen LogP contribution >= 0.6 is 0 Å². The Bertz CT molecular complexity index is 826. The number of unbranched alkanes of at least 4 members (excludes halogenated alkanes) is 6. The molecule has 198 valence electrons. The molecular formula is C25H39NO9. The molecule has 10 heteroatoms. The van der Waals surface area contributed by atoms with E-state index in [0.717, 1.165) is 44.6 Å². The highest BCUT2D eigenvalue weighted by Crippen LogP contribution is 2.45. The molecule has 0 aromatic heterocycles. The van der Waals surface area contributed by atoms with E-state index in [4.69, 9.17) is 18.9 Å². The number of phenols is 2. The van der Waals surface area contributed by atoms with Gasteiger partial charge in [0.15, 0.2) is 11.5 Å². The van der Waals surface area contributed by atoms with Crippen molar-refractivity contribution in [2.75, 3.05) is 27.4 Å². The van der Waals surface area contributed by atoms with Gasteiger partial charge in [0, 0.05) is 6.07 Å². The van der Waals surface area contributed by atoms with E-state index in [2.05, 4.69) is 19.2 Å². The predicted octanol–water partition coefficient (Wildman–Crippen LogP) is 3.85. The summed E-state index contributed by atoms with van der Waals surface area (Å²) < 4.78 is 20.5. The number of phenolic OH excluding ortho intramolecular Hbond substituents is 2. The average molecular weight is 498 g/mol. The van der Waals surface area contributed by atoms with E-state index in [-0.39, 0.29) is 30.3 Å². The Kier molecular flexibility index (Phi) is 14.0. The number of nitrogens with one attached hydrogen (secondary N) is 1. The summed E-state index contributed by atoms with van der Waals surface area (Å²) in [5.41, 5.74) is -0.367. The van der Waals surface area contributed by atoms with Gasteiger partial charge in [-0.1, -0.05) is 52.4 Å². The monoisotopic (exact) mass is 497 g/mol. The zero-order valence-electron chi connectivity index (χ0n) is 21.2. The van der Waals surface area contributed by atoms with Gasteiger partial charge in [-0.05, 0) is 12.8 Å². The Morgan fingerprint density at radius 3 is 1.97 bits per heavy atom. The summed E-state index contributed by atoms with van der Waals surface area (Å²) >= 11 is 0. The number of esters is 2. The van der Waals surface area contributed by atoms with Crippen LogP contribution in [-0.4, -0.2) is 61.5 Å². The minimum Gasteiger partial charge on any atom is -0.504 e. The third kappa shape index (κ3) is 9.92. The fraction of sp³-hybridized carbons (Fsp3) is 0.640. The molecule has 1 rings (SSSR count). The van der Waals surface area contributed by atoms with Crippen molar-refractivity contribution in [2.24, 2.45) is 0 Å².